The molecule has 1 nitrogen and oxygen atoms in total. The van der Waals surface area contributed by atoms with Crippen molar-refractivity contribution >= 4 is 8.24 Å². The van der Waals surface area contributed by atoms with Crippen molar-refractivity contribution in [2.45, 2.75) is 86.5 Å². The summed E-state index contributed by atoms with van der Waals surface area (Å²) in [6.45, 7) is 25.5. The molecule has 1 aliphatic rings. The van der Waals surface area contributed by atoms with Gasteiger partial charge in [-0.1, -0.05) is 99.6 Å². The van der Waals surface area contributed by atoms with Gasteiger partial charge in [0.05, 0.1) is 0 Å². The van der Waals surface area contributed by atoms with Gasteiger partial charge in [-0.15, -0.1) is 5.54 Å². The van der Waals surface area contributed by atoms with Crippen LogP contribution in [0.4, 0.5) is 0 Å². The molecule has 1 fully saturated rings. The van der Waals surface area contributed by atoms with Gasteiger partial charge in [0, 0.05) is 0 Å². The van der Waals surface area contributed by atoms with E-state index in [2.05, 4.69) is 61.6 Å². The molecule has 0 saturated heterocycles. The van der Waals surface area contributed by atoms with E-state index in [9.17, 15) is 0 Å². The van der Waals surface area contributed by atoms with Crippen molar-refractivity contribution in [1.82, 2.24) is 0 Å². The maximum absolute atomic E-state index is 5.23. The van der Waals surface area contributed by atoms with Crippen LogP contribution in [0.3, 0.4) is 0 Å². The van der Waals surface area contributed by atoms with Gasteiger partial charge in [-0.05, 0) is 37.5 Å². The maximum Gasteiger partial charge on any atom is 3.00 e. The first kappa shape index (κ1) is 26.6. The summed E-state index contributed by atoms with van der Waals surface area (Å²) in [4.78, 5) is 5.23. The second-order valence-corrected chi connectivity index (χ2v) is 13.1. The largest absolute Gasteiger partial charge is 3.00 e. The summed E-state index contributed by atoms with van der Waals surface area (Å²) < 4.78 is 0. The van der Waals surface area contributed by atoms with Crippen molar-refractivity contribution in [1.29, 1.82) is 0 Å². The van der Waals surface area contributed by atoms with Gasteiger partial charge >= 0.3 is 21.7 Å². The van der Waals surface area contributed by atoms with Crippen LogP contribution in [-0.2, 0) is 21.7 Å². The van der Waals surface area contributed by atoms with E-state index >= 15 is 0 Å². The molecule has 1 rings (SSSR count). The molecular weight excluding hydrogens is 342 g/mol. The second-order valence-electron chi connectivity index (χ2n) is 8.95. The molecule has 0 spiro atoms. The van der Waals surface area contributed by atoms with Gasteiger partial charge in [-0.25, -0.2) is 0 Å². The number of hydrogen-bond acceptors (Lipinski definition) is 0. The Morgan fingerprint density at radius 1 is 0.750 bits per heavy atom. The van der Waals surface area contributed by atoms with Crippen molar-refractivity contribution in [2.75, 3.05) is 0 Å². The Balaban J connectivity index is 0. The molecule has 4 atom stereocenters. The van der Waals surface area contributed by atoms with Crippen LogP contribution in [0.25, 0.3) is 4.98 Å². The molecule has 4 unspecified atom stereocenters. The van der Waals surface area contributed by atoms with Gasteiger partial charge in [-0.3, -0.25) is 0 Å². The topological polar surface area (TPSA) is 14.1 Å². The molecule has 3 heteroatoms. The van der Waals surface area contributed by atoms with E-state index in [1.807, 2.05) is 38.2 Å². The molecule has 24 heavy (non-hydrogen) atoms. The number of rotatable bonds is 3. The van der Waals surface area contributed by atoms with Crippen molar-refractivity contribution < 1.29 is 21.7 Å². The third kappa shape index (κ3) is 8.17. The minimum Gasteiger partial charge on any atom is -0.660 e. The molecule has 1 aliphatic carbocycles. The minimum absolute atomic E-state index is 0. The zero-order valence-electron chi connectivity index (χ0n) is 18.1. The average Bonchev–Trinajstić information content (AvgIpc) is 2.59. The molecule has 0 aliphatic heterocycles. The van der Waals surface area contributed by atoms with Gasteiger partial charge < -0.3 is 4.98 Å². The molecule has 0 aromatic heterocycles. The molecule has 137 valence electrons. The van der Waals surface area contributed by atoms with Crippen LogP contribution in [0.2, 0.25) is 18.6 Å². The first-order chi connectivity index (χ1) is 10.4. The quantitative estimate of drug-likeness (QED) is 0.355. The maximum atomic E-state index is 5.23. The SMILES string of the molecule is C/C=C/C=C/C.CC1C(C)C(C)C([Si](C)(C)[N-]C(C)(C)C)C1C.[Ti+3]. The fourth-order valence-electron chi connectivity index (χ4n) is 4.54. The standard InChI is InChI=1S/C15H32NSi.C6H10.Ti/c1-10-11(2)13(4)14(12(10)3)17(8,9)16-15(5,6)7;1-3-5-6-4-2;/h10-14H,1-9H3;3-6H,1-2H3;/q-1;;+3/b;5-3+,6-4+;. The predicted octanol–water partition coefficient (Wildman–Crippen LogP) is 7.43. The summed E-state index contributed by atoms with van der Waals surface area (Å²) in [6, 6.07) is 0. The van der Waals surface area contributed by atoms with E-state index in [1.165, 1.54) is 0 Å². The Kier molecular flexibility index (Phi) is 12.4. The Morgan fingerprint density at radius 3 is 1.33 bits per heavy atom. The van der Waals surface area contributed by atoms with Crippen molar-refractivity contribution in [3.8, 4) is 0 Å². The first-order valence-electron chi connectivity index (χ1n) is 9.37. The number of hydrogen-bond donors (Lipinski definition) is 0. The summed E-state index contributed by atoms with van der Waals surface area (Å²) in [6.07, 6.45) is 8.00. The van der Waals surface area contributed by atoms with E-state index in [4.69, 9.17) is 4.98 Å². The average molecular weight is 385 g/mol. The van der Waals surface area contributed by atoms with E-state index in [1.54, 1.807) is 0 Å². The predicted molar refractivity (Wildman–Crippen MR) is 111 cm³/mol. The van der Waals surface area contributed by atoms with Crippen LogP contribution in [0.5, 0.6) is 0 Å². The van der Waals surface area contributed by atoms with Crippen molar-refractivity contribution in [3.63, 3.8) is 0 Å². The summed E-state index contributed by atoms with van der Waals surface area (Å²) in [5.41, 5.74) is 0.983. The fourth-order valence-corrected chi connectivity index (χ4v) is 9.60. The van der Waals surface area contributed by atoms with Gasteiger partial charge in [0.1, 0.15) is 0 Å². The van der Waals surface area contributed by atoms with Crippen LogP contribution in [0.15, 0.2) is 24.3 Å². The molecular formula is C21H42NSiTi+2. The zero-order valence-corrected chi connectivity index (χ0v) is 20.7. The third-order valence-electron chi connectivity index (χ3n) is 5.56. The minimum atomic E-state index is -1.49. The summed E-state index contributed by atoms with van der Waals surface area (Å²) in [5.74, 6) is 3.40. The van der Waals surface area contributed by atoms with Crippen LogP contribution in [-0.4, -0.2) is 13.8 Å². The number of nitrogens with zero attached hydrogens (tertiary/aromatic N) is 1. The fraction of sp³-hybridized carbons (Fsp3) is 0.810. The zero-order chi connectivity index (χ0) is 18.4. The Hall–Kier alpha value is 0.371. The van der Waals surface area contributed by atoms with E-state index in [0.29, 0.717) is 0 Å². The van der Waals surface area contributed by atoms with E-state index < -0.39 is 8.24 Å². The van der Waals surface area contributed by atoms with E-state index in [-0.39, 0.29) is 27.3 Å². The van der Waals surface area contributed by atoms with Crippen LogP contribution >= 0.6 is 0 Å². The molecule has 1 saturated carbocycles. The second kappa shape index (κ2) is 11.2. The third-order valence-corrected chi connectivity index (χ3v) is 9.49. The van der Waals surface area contributed by atoms with Crippen LogP contribution < -0.4 is 0 Å². The molecule has 0 aromatic rings. The van der Waals surface area contributed by atoms with Gasteiger partial charge in [0.25, 0.3) is 0 Å². The normalized spacial score (nSPS) is 31.0. The Morgan fingerprint density at radius 2 is 1.08 bits per heavy atom. The summed E-state index contributed by atoms with van der Waals surface area (Å²) >= 11 is 0. The molecule has 0 heterocycles. The summed E-state index contributed by atoms with van der Waals surface area (Å²) in [5, 5.41) is 0. The van der Waals surface area contributed by atoms with E-state index in [0.717, 1.165) is 29.2 Å². The smallest absolute Gasteiger partial charge is 0.660 e. The van der Waals surface area contributed by atoms with Gasteiger partial charge in [0.2, 0.25) is 0 Å². The Bertz CT molecular complexity index is 371. The van der Waals surface area contributed by atoms with Gasteiger partial charge in [0.15, 0.2) is 0 Å². The molecule has 1 radical (unpaired) electrons. The molecule has 0 N–H and O–H groups in total. The van der Waals surface area contributed by atoms with Crippen molar-refractivity contribution in [3.05, 3.63) is 29.3 Å². The molecule has 0 aromatic carbocycles. The molecule has 0 amide bonds. The first-order valence-corrected chi connectivity index (χ1v) is 12.4. The van der Waals surface area contributed by atoms with Crippen molar-refractivity contribution in [2.24, 2.45) is 23.7 Å². The number of allylic oxidation sites excluding steroid dienone is 4. The van der Waals surface area contributed by atoms with Gasteiger partial charge in [-0.2, -0.15) is 0 Å². The van der Waals surface area contributed by atoms with Crippen LogP contribution in [0, 0.1) is 23.7 Å². The summed E-state index contributed by atoms with van der Waals surface area (Å²) in [7, 11) is -1.49. The monoisotopic (exact) mass is 384 g/mol. The van der Waals surface area contributed by atoms with Crippen LogP contribution in [0.1, 0.15) is 62.3 Å². The Labute approximate surface area is 169 Å². The molecule has 0 bridgehead atoms.